The second kappa shape index (κ2) is 7.17. The Morgan fingerprint density at radius 2 is 1.81 bits per heavy atom. The zero-order valence-corrected chi connectivity index (χ0v) is 15.5. The van der Waals surface area contributed by atoms with Crippen LogP contribution in [0.15, 0.2) is 30.9 Å². The van der Waals surface area contributed by atoms with Crippen LogP contribution in [0.2, 0.25) is 0 Å². The number of benzene rings is 1. The standard InChI is InChI=1S/C20H22N4O3/c1-13-9-21-19(22-10-13)15-7-16-14(2)23-12-24-18(16)17(8-15)27-11-20(25)3-5-26-6-4-20/h7-10,12,25H,3-6,11H2,1-2H3. The molecule has 1 aromatic carbocycles. The van der Waals surface area contributed by atoms with E-state index in [0.717, 1.165) is 22.2 Å². The summed E-state index contributed by atoms with van der Waals surface area (Å²) in [5.41, 5.74) is 2.51. The number of hydrogen-bond donors (Lipinski definition) is 1. The van der Waals surface area contributed by atoms with Crippen LogP contribution in [0, 0.1) is 13.8 Å². The van der Waals surface area contributed by atoms with E-state index in [1.54, 1.807) is 12.4 Å². The Balaban J connectivity index is 1.73. The smallest absolute Gasteiger partial charge is 0.159 e. The first-order valence-corrected chi connectivity index (χ1v) is 9.01. The van der Waals surface area contributed by atoms with Gasteiger partial charge in [-0.1, -0.05) is 0 Å². The summed E-state index contributed by atoms with van der Waals surface area (Å²) in [6.07, 6.45) is 6.20. The van der Waals surface area contributed by atoms with Gasteiger partial charge in [0.1, 0.15) is 29.8 Å². The number of hydrogen-bond acceptors (Lipinski definition) is 7. The predicted octanol–water partition coefficient (Wildman–Crippen LogP) is 2.62. The minimum atomic E-state index is -0.886. The molecule has 1 fully saturated rings. The highest BCUT2D eigenvalue weighted by atomic mass is 16.5. The van der Waals surface area contributed by atoms with Crippen LogP contribution in [0.3, 0.4) is 0 Å². The second-order valence-electron chi connectivity index (χ2n) is 7.04. The van der Waals surface area contributed by atoms with Crippen LogP contribution in [-0.4, -0.2) is 50.5 Å². The van der Waals surface area contributed by atoms with Crippen molar-refractivity contribution in [1.29, 1.82) is 0 Å². The van der Waals surface area contributed by atoms with Crippen molar-refractivity contribution in [3.05, 3.63) is 42.1 Å². The summed E-state index contributed by atoms with van der Waals surface area (Å²) in [5.74, 6) is 1.21. The van der Waals surface area contributed by atoms with Crippen molar-refractivity contribution in [3.8, 4) is 17.1 Å². The van der Waals surface area contributed by atoms with Crippen LogP contribution < -0.4 is 4.74 Å². The molecule has 1 aliphatic rings. The third kappa shape index (κ3) is 3.74. The van der Waals surface area contributed by atoms with E-state index in [2.05, 4.69) is 19.9 Å². The highest BCUT2D eigenvalue weighted by molar-refractivity contribution is 5.90. The molecule has 0 unspecified atom stereocenters. The lowest BCUT2D eigenvalue weighted by Gasteiger charge is -2.31. The third-order valence-electron chi connectivity index (χ3n) is 4.86. The quantitative estimate of drug-likeness (QED) is 0.759. The zero-order chi connectivity index (χ0) is 18.9. The average Bonchev–Trinajstić information content (AvgIpc) is 2.68. The topological polar surface area (TPSA) is 90.2 Å². The van der Waals surface area contributed by atoms with Crippen molar-refractivity contribution in [3.63, 3.8) is 0 Å². The normalized spacial score (nSPS) is 16.4. The number of aliphatic hydroxyl groups is 1. The number of aromatic nitrogens is 4. The maximum atomic E-state index is 10.7. The molecule has 4 rings (SSSR count). The molecule has 27 heavy (non-hydrogen) atoms. The summed E-state index contributed by atoms with van der Waals surface area (Å²) in [6.45, 7) is 5.15. The summed E-state index contributed by atoms with van der Waals surface area (Å²) in [7, 11) is 0. The molecule has 3 aromatic rings. The van der Waals surface area contributed by atoms with Crippen LogP contribution >= 0.6 is 0 Å². The highest BCUT2D eigenvalue weighted by Gasteiger charge is 2.31. The first kappa shape index (κ1) is 17.8. The second-order valence-corrected chi connectivity index (χ2v) is 7.04. The molecule has 1 N–H and O–H groups in total. The van der Waals surface area contributed by atoms with Crippen LogP contribution in [-0.2, 0) is 4.74 Å². The first-order chi connectivity index (χ1) is 13.0. The lowest BCUT2D eigenvalue weighted by atomic mass is 9.95. The lowest BCUT2D eigenvalue weighted by molar-refractivity contribution is -0.0853. The molecule has 1 saturated heterocycles. The summed E-state index contributed by atoms with van der Waals surface area (Å²) in [4.78, 5) is 17.5. The van der Waals surface area contributed by atoms with Crippen LogP contribution in [0.4, 0.5) is 0 Å². The van der Waals surface area contributed by atoms with Gasteiger partial charge < -0.3 is 14.6 Å². The molecule has 1 aliphatic heterocycles. The maximum Gasteiger partial charge on any atom is 0.159 e. The molecule has 0 radical (unpaired) electrons. The Morgan fingerprint density at radius 1 is 1.07 bits per heavy atom. The van der Waals surface area contributed by atoms with Crippen LogP contribution in [0.1, 0.15) is 24.1 Å². The van der Waals surface area contributed by atoms with Crippen molar-refractivity contribution in [1.82, 2.24) is 19.9 Å². The third-order valence-corrected chi connectivity index (χ3v) is 4.86. The molecule has 2 aromatic heterocycles. The molecule has 7 heteroatoms. The number of nitrogens with zero attached hydrogens (tertiary/aromatic N) is 4. The maximum absolute atomic E-state index is 10.7. The van der Waals surface area contributed by atoms with Gasteiger partial charge in [-0.15, -0.1) is 0 Å². The summed E-state index contributed by atoms with van der Waals surface area (Å²) in [6, 6.07) is 3.85. The predicted molar refractivity (Wildman–Crippen MR) is 101 cm³/mol. The minimum Gasteiger partial charge on any atom is -0.488 e. The Hall–Kier alpha value is -2.64. The van der Waals surface area contributed by atoms with E-state index in [0.29, 0.717) is 43.1 Å². The Bertz CT molecular complexity index is 953. The van der Waals surface area contributed by atoms with Gasteiger partial charge in [-0.25, -0.2) is 19.9 Å². The van der Waals surface area contributed by atoms with Gasteiger partial charge in [0, 0.05) is 55.1 Å². The van der Waals surface area contributed by atoms with Crippen molar-refractivity contribution < 1.29 is 14.6 Å². The number of rotatable bonds is 4. The van der Waals surface area contributed by atoms with E-state index in [1.807, 2.05) is 26.0 Å². The lowest BCUT2D eigenvalue weighted by Crippen LogP contribution is -2.41. The molecular weight excluding hydrogens is 344 g/mol. The van der Waals surface area contributed by atoms with Crippen LogP contribution in [0.25, 0.3) is 22.3 Å². The van der Waals surface area contributed by atoms with Crippen LogP contribution in [0.5, 0.6) is 5.75 Å². The summed E-state index contributed by atoms with van der Waals surface area (Å²) in [5, 5.41) is 11.6. The Labute approximate surface area is 157 Å². The molecule has 0 bridgehead atoms. The first-order valence-electron chi connectivity index (χ1n) is 9.01. The largest absolute Gasteiger partial charge is 0.488 e. The molecule has 7 nitrogen and oxygen atoms in total. The van der Waals surface area contributed by atoms with Crippen molar-refractivity contribution in [2.24, 2.45) is 0 Å². The molecule has 3 heterocycles. The van der Waals surface area contributed by atoms with E-state index < -0.39 is 5.60 Å². The van der Waals surface area contributed by atoms with Gasteiger partial charge >= 0.3 is 0 Å². The molecule has 0 atom stereocenters. The average molecular weight is 366 g/mol. The summed E-state index contributed by atoms with van der Waals surface area (Å²) < 4.78 is 11.4. The van der Waals surface area contributed by atoms with Gasteiger partial charge in [0.25, 0.3) is 0 Å². The van der Waals surface area contributed by atoms with Gasteiger partial charge in [0.05, 0.1) is 0 Å². The molecule has 140 valence electrons. The monoisotopic (exact) mass is 366 g/mol. The van der Waals surface area contributed by atoms with Gasteiger partial charge in [0.15, 0.2) is 5.82 Å². The Kier molecular flexibility index (Phi) is 4.72. The molecule has 0 amide bonds. The fourth-order valence-corrected chi connectivity index (χ4v) is 3.15. The molecule has 0 spiro atoms. The fourth-order valence-electron chi connectivity index (χ4n) is 3.15. The van der Waals surface area contributed by atoms with Crippen molar-refractivity contribution in [2.45, 2.75) is 32.3 Å². The molecule has 0 aliphatic carbocycles. The summed E-state index contributed by atoms with van der Waals surface area (Å²) >= 11 is 0. The zero-order valence-electron chi connectivity index (χ0n) is 15.5. The number of fused-ring (bicyclic) bond motifs is 1. The SMILES string of the molecule is Cc1cnc(-c2cc(OCC3(O)CCOCC3)c3ncnc(C)c3c2)nc1. The van der Waals surface area contributed by atoms with E-state index >= 15 is 0 Å². The van der Waals surface area contributed by atoms with E-state index in [1.165, 1.54) is 6.33 Å². The highest BCUT2D eigenvalue weighted by Crippen LogP contribution is 2.32. The van der Waals surface area contributed by atoms with Gasteiger partial charge in [-0.3, -0.25) is 0 Å². The van der Waals surface area contributed by atoms with Crippen molar-refractivity contribution >= 4 is 10.9 Å². The van der Waals surface area contributed by atoms with Gasteiger partial charge in [-0.05, 0) is 31.5 Å². The fraction of sp³-hybridized carbons (Fsp3) is 0.400. The van der Waals surface area contributed by atoms with Crippen molar-refractivity contribution in [2.75, 3.05) is 19.8 Å². The molecular formula is C20H22N4O3. The minimum absolute atomic E-state index is 0.187. The van der Waals surface area contributed by atoms with E-state index in [4.69, 9.17) is 9.47 Å². The van der Waals surface area contributed by atoms with E-state index in [-0.39, 0.29) is 6.61 Å². The molecule has 0 saturated carbocycles. The van der Waals surface area contributed by atoms with Gasteiger partial charge in [0.2, 0.25) is 0 Å². The number of ether oxygens (including phenoxy) is 2. The Morgan fingerprint density at radius 3 is 2.56 bits per heavy atom. The van der Waals surface area contributed by atoms with E-state index in [9.17, 15) is 5.11 Å². The number of aryl methyl sites for hydroxylation is 2. The van der Waals surface area contributed by atoms with Gasteiger partial charge in [-0.2, -0.15) is 0 Å².